The summed E-state index contributed by atoms with van der Waals surface area (Å²) < 4.78 is 18.0. The quantitative estimate of drug-likeness (QED) is 0.854. The second-order valence-electron chi connectivity index (χ2n) is 3.85. The molecule has 2 aromatic rings. The van der Waals surface area contributed by atoms with Crippen LogP contribution in [0.2, 0.25) is 5.02 Å². The van der Waals surface area contributed by atoms with Crippen LogP contribution >= 0.6 is 22.9 Å². The molecule has 1 aromatic carbocycles. The highest BCUT2D eigenvalue weighted by atomic mass is 35.5. The van der Waals surface area contributed by atoms with Gasteiger partial charge in [0.05, 0.1) is 17.1 Å². The van der Waals surface area contributed by atoms with E-state index in [1.165, 1.54) is 23.5 Å². The number of carbonyl (C=O) groups is 1. The molecule has 1 aromatic heterocycles. The summed E-state index contributed by atoms with van der Waals surface area (Å²) in [6.07, 6.45) is 0. The van der Waals surface area contributed by atoms with Crippen molar-refractivity contribution >= 4 is 33.9 Å². The molecular formula is C13H12ClFN2O2S. The van der Waals surface area contributed by atoms with Gasteiger partial charge in [0.2, 0.25) is 0 Å². The van der Waals surface area contributed by atoms with Crippen molar-refractivity contribution in [3.8, 4) is 0 Å². The Hall–Kier alpha value is -1.66. The Bertz CT molecular complexity index is 618. The largest absolute Gasteiger partial charge is 0.461 e. The predicted octanol–water partition coefficient (Wildman–Crippen LogP) is 3.72. The van der Waals surface area contributed by atoms with Crippen molar-refractivity contribution in [3.05, 3.63) is 45.8 Å². The fourth-order valence-corrected chi connectivity index (χ4v) is 2.42. The lowest BCUT2D eigenvalue weighted by atomic mass is 10.2. The van der Waals surface area contributed by atoms with Gasteiger partial charge < -0.3 is 10.1 Å². The molecule has 0 saturated heterocycles. The molecule has 2 rings (SSSR count). The van der Waals surface area contributed by atoms with Gasteiger partial charge in [0, 0.05) is 6.54 Å². The lowest BCUT2D eigenvalue weighted by Gasteiger charge is -2.06. The third kappa shape index (κ3) is 3.46. The number of anilines is 1. The molecule has 0 aliphatic carbocycles. The molecule has 0 unspecified atom stereocenters. The van der Waals surface area contributed by atoms with Crippen molar-refractivity contribution in [2.45, 2.75) is 13.5 Å². The van der Waals surface area contributed by atoms with Gasteiger partial charge in [-0.1, -0.05) is 17.7 Å². The Balaban J connectivity index is 2.05. The molecule has 0 spiro atoms. The highest BCUT2D eigenvalue weighted by Crippen LogP contribution is 2.23. The van der Waals surface area contributed by atoms with E-state index in [-0.39, 0.29) is 10.7 Å². The van der Waals surface area contributed by atoms with Crippen LogP contribution in [-0.2, 0) is 11.3 Å². The smallest absolute Gasteiger partial charge is 0.360 e. The third-order valence-corrected chi connectivity index (χ3v) is 3.55. The standard InChI is InChI=1S/C13H12ClFN2O2S/c1-2-19-13(18)11-12(20-7-17-11)16-6-8-3-4-10(15)9(14)5-8/h3-5,7,16H,2,6H2,1H3. The Labute approximate surface area is 124 Å². The van der Waals surface area contributed by atoms with Crippen molar-refractivity contribution in [1.82, 2.24) is 4.98 Å². The number of hydrogen-bond acceptors (Lipinski definition) is 5. The molecule has 7 heteroatoms. The monoisotopic (exact) mass is 314 g/mol. The molecule has 1 heterocycles. The number of benzene rings is 1. The van der Waals surface area contributed by atoms with Crippen LogP contribution in [0.25, 0.3) is 0 Å². The minimum absolute atomic E-state index is 0.0687. The Morgan fingerprint density at radius 1 is 1.55 bits per heavy atom. The van der Waals surface area contributed by atoms with Gasteiger partial charge in [-0.3, -0.25) is 0 Å². The molecular weight excluding hydrogens is 303 g/mol. The van der Waals surface area contributed by atoms with E-state index in [4.69, 9.17) is 16.3 Å². The van der Waals surface area contributed by atoms with Crippen LogP contribution in [0.5, 0.6) is 0 Å². The lowest BCUT2D eigenvalue weighted by molar-refractivity contribution is 0.0521. The number of ether oxygens (including phenoxy) is 1. The van der Waals surface area contributed by atoms with Crippen molar-refractivity contribution < 1.29 is 13.9 Å². The Kier molecular flexibility index (Phi) is 4.92. The SMILES string of the molecule is CCOC(=O)c1ncsc1NCc1ccc(F)c(Cl)c1. The van der Waals surface area contributed by atoms with Crippen LogP contribution in [0.3, 0.4) is 0 Å². The first-order valence-electron chi connectivity index (χ1n) is 5.90. The van der Waals surface area contributed by atoms with Crippen LogP contribution in [0.4, 0.5) is 9.39 Å². The summed E-state index contributed by atoms with van der Waals surface area (Å²) in [5.41, 5.74) is 2.62. The number of esters is 1. The van der Waals surface area contributed by atoms with E-state index < -0.39 is 11.8 Å². The average Bonchev–Trinajstić information content (AvgIpc) is 2.89. The second-order valence-corrected chi connectivity index (χ2v) is 5.11. The molecule has 0 fully saturated rings. The molecule has 0 saturated carbocycles. The number of hydrogen-bond donors (Lipinski definition) is 1. The molecule has 0 aliphatic heterocycles. The number of halogens is 2. The van der Waals surface area contributed by atoms with Gasteiger partial charge >= 0.3 is 5.97 Å². The van der Waals surface area contributed by atoms with E-state index in [1.807, 2.05) is 0 Å². The van der Waals surface area contributed by atoms with Crippen molar-refractivity contribution in [2.24, 2.45) is 0 Å². The highest BCUT2D eigenvalue weighted by molar-refractivity contribution is 7.14. The summed E-state index contributed by atoms with van der Waals surface area (Å²) >= 11 is 7.01. The minimum atomic E-state index is -0.464. The number of nitrogens with zero attached hydrogens (tertiary/aromatic N) is 1. The lowest BCUT2D eigenvalue weighted by Crippen LogP contribution is -2.09. The van der Waals surface area contributed by atoms with Gasteiger partial charge in [0.15, 0.2) is 5.69 Å². The number of carbonyl (C=O) groups excluding carboxylic acids is 1. The topological polar surface area (TPSA) is 51.2 Å². The number of rotatable bonds is 5. The molecule has 1 N–H and O–H groups in total. The summed E-state index contributed by atoms with van der Waals surface area (Å²) in [5, 5.41) is 3.75. The van der Waals surface area contributed by atoms with Gasteiger partial charge in [-0.15, -0.1) is 11.3 Å². The van der Waals surface area contributed by atoms with Gasteiger partial charge in [0.1, 0.15) is 10.8 Å². The van der Waals surface area contributed by atoms with Crippen molar-refractivity contribution in [1.29, 1.82) is 0 Å². The first-order valence-corrected chi connectivity index (χ1v) is 7.16. The average molecular weight is 315 g/mol. The van der Waals surface area contributed by atoms with Crippen LogP contribution in [-0.4, -0.2) is 17.6 Å². The second kappa shape index (κ2) is 6.67. The molecule has 20 heavy (non-hydrogen) atoms. The minimum Gasteiger partial charge on any atom is -0.461 e. The van der Waals surface area contributed by atoms with E-state index in [0.717, 1.165) is 5.56 Å². The number of nitrogens with one attached hydrogen (secondary N) is 1. The zero-order chi connectivity index (χ0) is 14.5. The molecule has 0 radical (unpaired) electrons. The first kappa shape index (κ1) is 14.7. The fourth-order valence-electron chi connectivity index (χ4n) is 1.55. The molecule has 106 valence electrons. The molecule has 0 bridgehead atoms. The van der Waals surface area contributed by atoms with Crippen molar-refractivity contribution in [2.75, 3.05) is 11.9 Å². The van der Waals surface area contributed by atoms with E-state index in [0.29, 0.717) is 18.2 Å². The fraction of sp³-hybridized carbons (Fsp3) is 0.231. The summed E-state index contributed by atoms with van der Waals surface area (Å²) in [6.45, 7) is 2.44. The van der Waals surface area contributed by atoms with E-state index in [9.17, 15) is 9.18 Å². The maximum absolute atomic E-state index is 13.0. The summed E-state index contributed by atoms with van der Waals surface area (Å²) in [4.78, 5) is 15.6. The summed E-state index contributed by atoms with van der Waals surface area (Å²) in [5.74, 6) is -0.922. The molecule has 0 amide bonds. The van der Waals surface area contributed by atoms with Gasteiger partial charge in [-0.2, -0.15) is 0 Å². The van der Waals surface area contributed by atoms with Crippen molar-refractivity contribution in [3.63, 3.8) is 0 Å². The predicted molar refractivity (Wildman–Crippen MR) is 76.8 cm³/mol. The van der Waals surface area contributed by atoms with Gasteiger partial charge in [-0.25, -0.2) is 14.2 Å². The van der Waals surface area contributed by atoms with Gasteiger partial charge in [0.25, 0.3) is 0 Å². The zero-order valence-corrected chi connectivity index (χ0v) is 12.2. The van der Waals surface area contributed by atoms with Crippen LogP contribution in [0, 0.1) is 5.82 Å². The Morgan fingerprint density at radius 2 is 2.35 bits per heavy atom. The van der Waals surface area contributed by atoms with E-state index in [1.54, 1.807) is 18.5 Å². The normalized spacial score (nSPS) is 10.3. The number of thiazole rings is 1. The molecule has 0 atom stereocenters. The van der Waals surface area contributed by atoms with Crippen LogP contribution < -0.4 is 5.32 Å². The molecule has 4 nitrogen and oxygen atoms in total. The maximum atomic E-state index is 13.0. The maximum Gasteiger partial charge on any atom is 0.360 e. The summed E-state index contributed by atoms with van der Waals surface area (Å²) in [6, 6.07) is 4.46. The first-order chi connectivity index (χ1) is 9.61. The molecule has 0 aliphatic rings. The highest BCUT2D eigenvalue weighted by Gasteiger charge is 2.15. The number of aromatic nitrogens is 1. The van der Waals surface area contributed by atoms with Gasteiger partial charge in [-0.05, 0) is 24.6 Å². The summed E-state index contributed by atoms with van der Waals surface area (Å²) in [7, 11) is 0. The zero-order valence-electron chi connectivity index (χ0n) is 10.7. The van der Waals surface area contributed by atoms with E-state index in [2.05, 4.69) is 10.3 Å². The van der Waals surface area contributed by atoms with E-state index >= 15 is 0 Å². The van der Waals surface area contributed by atoms with Crippen LogP contribution in [0.1, 0.15) is 23.0 Å². The van der Waals surface area contributed by atoms with Crippen LogP contribution in [0.15, 0.2) is 23.7 Å². The Morgan fingerprint density at radius 3 is 3.05 bits per heavy atom. The third-order valence-electron chi connectivity index (χ3n) is 2.47.